The number of ether oxygens (including phenoxy) is 1. The van der Waals surface area contributed by atoms with E-state index < -0.39 is 0 Å². The van der Waals surface area contributed by atoms with Gasteiger partial charge in [-0.05, 0) is 73.3 Å². The lowest BCUT2D eigenvalue weighted by Crippen LogP contribution is -2.43. The van der Waals surface area contributed by atoms with Crippen LogP contribution in [0, 0.1) is 23.7 Å². The minimum Gasteiger partial charge on any atom is -0.496 e. The Labute approximate surface area is 115 Å². The van der Waals surface area contributed by atoms with Crippen molar-refractivity contribution in [2.45, 2.75) is 38.0 Å². The molecule has 2 N–H and O–H groups in total. The molecule has 4 fully saturated rings. The Hall–Kier alpha value is -1.18. The van der Waals surface area contributed by atoms with E-state index >= 15 is 0 Å². The van der Waals surface area contributed by atoms with Crippen molar-refractivity contribution in [3.05, 3.63) is 23.8 Å². The van der Waals surface area contributed by atoms with E-state index in [1.807, 2.05) is 12.1 Å². The van der Waals surface area contributed by atoms with Crippen LogP contribution >= 0.6 is 0 Å². The molecule has 0 spiro atoms. The second-order valence-electron chi connectivity index (χ2n) is 6.96. The molecule has 1 aromatic carbocycles. The van der Waals surface area contributed by atoms with Crippen LogP contribution in [0.4, 0.5) is 5.69 Å². The Kier molecular flexibility index (Phi) is 2.54. The number of methoxy groups -OCH3 is 1. The number of hydrogen-bond donors (Lipinski definition) is 1. The molecule has 0 saturated heterocycles. The zero-order chi connectivity index (χ0) is 13.0. The molecule has 2 nitrogen and oxygen atoms in total. The maximum Gasteiger partial charge on any atom is 0.124 e. The van der Waals surface area contributed by atoms with Gasteiger partial charge in [-0.3, -0.25) is 0 Å². The zero-order valence-corrected chi connectivity index (χ0v) is 11.6. The fraction of sp³-hybridized carbons (Fsp3) is 0.647. The minimum atomic E-state index is 0.725. The van der Waals surface area contributed by atoms with Crippen molar-refractivity contribution in [3.8, 4) is 5.75 Å². The third-order valence-electron chi connectivity index (χ3n) is 5.84. The quantitative estimate of drug-likeness (QED) is 0.817. The molecular formula is C17H23NO. The Morgan fingerprint density at radius 3 is 2.21 bits per heavy atom. The zero-order valence-electron chi connectivity index (χ0n) is 11.6. The summed E-state index contributed by atoms with van der Waals surface area (Å²) in [5.74, 6) is 5.58. The van der Waals surface area contributed by atoms with Gasteiger partial charge < -0.3 is 10.5 Å². The van der Waals surface area contributed by atoms with Crippen LogP contribution < -0.4 is 10.5 Å². The highest BCUT2D eigenvalue weighted by atomic mass is 16.5. The predicted molar refractivity (Wildman–Crippen MR) is 77.2 cm³/mol. The maximum atomic E-state index is 5.90. The second-order valence-corrected chi connectivity index (χ2v) is 6.96. The molecule has 0 amide bonds. The number of hydrogen-bond acceptors (Lipinski definition) is 2. The Bertz CT molecular complexity index is 468. The van der Waals surface area contributed by atoms with Gasteiger partial charge in [-0.1, -0.05) is 6.07 Å². The van der Waals surface area contributed by atoms with Gasteiger partial charge in [0.15, 0.2) is 0 Å². The highest BCUT2D eigenvalue weighted by molar-refractivity contribution is 5.50. The van der Waals surface area contributed by atoms with Crippen molar-refractivity contribution >= 4 is 5.69 Å². The average Bonchev–Trinajstić information content (AvgIpc) is 2.39. The molecule has 0 aromatic heterocycles. The summed E-state index contributed by atoms with van der Waals surface area (Å²) in [6.45, 7) is 0. The molecule has 2 heteroatoms. The SMILES string of the molecule is COc1cc(N)ccc1C1C2CC3CC(C2)CC1C3. The fourth-order valence-corrected chi connectivity index (χ4v) is 5.44. The first kappa shape index (κ1) is 11.6. The molecular weight excluding hydrogens is 234 g/mol. The maximum absolute atomic E-state index is 5.90. The van der Waals surface area contributed by atoms with Crippen molar-refractivity contribution in [2.24, 2.45) is 23.7 Å². The van der Waals surface area contributed by atoms with Crippen LogP contribution in [0.3, 0.4) is 0 Å². The summed E-state index contributed by atoms with van der Waals surface area (Å²) in [4.78, 5) is 0. The van der Waals surface area contributed by atoms with Crippen molar-refractivity contribution < 1.29 is 4.74 Å². The molecule has 0 radical (unpaired) electrons. The number of rotatable bonds is 2. The van der Waals surface area contributed by atoms with Crippen molar-refractivity contribution in [1.29, 1.82) is 0 Å². The molecule has 0 unspecified atom stereocenters. The average molecular weight is 257 g/mol. The normalized spacial score (nSPS) is 39.5. The Balaban J connectivity index is 1.72. The number of benzene rings is 1. The molecule has 1 aromatic rings. The predicted octanol–water partition coefficient (Wildman–Crippen LogP) is 3.82. The van der Waals surface area contributed by atoms with Gasteiger partial charge in [0.2, 0.25) is 0 Å². The molecule has 102 valence electrons. The van der Waals surface area contributed by atoms with E-state index in [1.54, 1.807) is 7.11 Å². The molecule has 4 aliphatic rings. The van der Waals surface area contributed by atoms with Crippen LogP contribution in [-0.2, 0) is 0 Å². The van der Waals surface area contributed by atoms with Gasteiger partial charge in [0.1, 0.15) is 5.75 Å². The number of nitrogen functional groups attached to an aromatic ring is 1. The Morgan fingerprint density at radius 2 is 1.63 bits per heavy atom. The summed E-state index contributed by atoms with van der Waals surface area (Å²) < 4.78 is 5.60. The fourth-order valence-electron chi connectivity index (χ4n) is 5.44. The summed E-state index contributed by atoms with van der Waals surface area (Å²) >= 11 is 0. The Morgan fingerprint density at radius 1 is 1.00 bits per heavy atom. The molecule has 5 rings (SSSR count). The van der Waals surface area contributed by atoms with Gasteiger partial charge in [0.05, 0.1) is 7.11 Å². The summed E-state index contributed by atoms with van der Waals surface area (Å²) in [5.41, 5.74) is 8.13. The van der Waals surface area contributed by atoms with E-state index in [0.717, 1.165) is 41.0 Å². The van der Waals surface area contributed by atoms with Gasteiger partial charge in [0, 0.05) is 11.8 Å². The molecule has 4 bridgehead atoms. The van der Waals surface area contributed by atoms with Crippen molar-refractivity contribution in [1.82, 2.24) is 0 Å². The molecule has 0 aliphatic heterocycles. The topological polar surface area (TPSA) is 35.2 Å². The van der Waals surface area contributed by atoms with E-state index in [2.05, 4.69) is 6.07 Å². The van der Waals surface area contributed by atoms with Crippen LogP contribution in [0.2, 0.25) is 0 Å². The van der Waals surface area contributed by atoms with E-state index in [0.29, 0.717) is 0 Å². The molecule has 4 saturated carbocycles. The lowest BCUT2D eigenvalue weighted by molar-refractivity contribution is -0.00346. The van der Waals surface area contributed by atoms with Crippen LogP contribution in [0.15, 0.2) is 18.2 Å². The van der Waals surface area contributed by atoms with Crippen LogP contribution in [-0.4, -0.2) is 7.11 Å². The number of nitrogens with two attached hydrogens (primary N) is 1. The highest BCUT2D eigenvalue weighted by Crippen LogP contribution is 2.60. The van der Waals surface area contributed by atoms with Gasteiger partial charge in [-0.25, -0.2) is 0 Å². The van der Waals surface area contributed by atoms with Crippen molar-refractivity contribution in [2.75, 3.05) is 12.8 Å². The van der Waals surface area contributed by atoms with Crippen molar-refractivity contribution in [3.63, 3.8) is 0 Å². The third-order valence-corrected chi connectivity index (χ3v) is 5.84. The molecule has 0 atom stereocenters. The van der Waals surface area contributed by atoms with Crippen LogP contribution in [0.5, 0.6) is 5.75 Å². The summed E-state index contributed by atoms with van der Waals surface area (Å²) in [5, 5.41) is 0. The molecule has 0 heterocycles. The summed E-state index contributed by atoms with van der Waals surface area (Å²) in [6.07, 6.45) is 7.31. The second kappa shape index (κ2) is 4.16. The lowest BCUT2D eigenvalue weighted by Gasteiger charge is -2.54. The summed E-state index contributed by atoms with van der Waals surface area (Å²) in [6, 6.07) is 6.27. The first-order chi connectivity index (χ1) is 9.24. The van der Waals surface area contributed by atoms with Gasteiger partial charge >= 0.3 is 0 Å². The van der Waals surface area contributed by atoms with E-state index in [1.165, 1.54) is 37.7 Å². The van der Waals surface area contributed by atoms with Gasteiger partial charge in [-0.15, -0.1) is 0 Å². The van der Waals surface area contributed by atoms with E-state index in [-0.39, 0.29) is 0 Å². The van der Waals surface area contributed by atoms with Crippen LogP contribution in [0.1, 0.15) is 43.6 Å². The van der Waals surface area contributed by atoms with E-state index in [9.17, 15) is 0 Å². The smallest absolute Gasteiger partial charge is 0.124 e. The minimum absolute atomic E-state index is 0.725. The highest BCUT2D eigenvalue weighted by Gasteiger charge is 2.49. The first-order valence-electron chi connectivity index (χ1n) is 7.68. The lowest BCUT2D eigenvalue weighted by atomic mass is 9.50. The van der Waals surface area contributed by atoms with Gasteiger partial charge in [0.25, 0.3) is 0 Å². The van der Waals surface area contributed by atoms with Gasteiger partial charge in [-0.2, -0.15) is 0 Å². The standard InChI is InChI=1S/C17H23NO/c1-19-16-9-14(18)2-3-15(16)17-12-5-10-4-11(7-12)8-13(17)6-10/h2-3,9-13,17H,4-8,18H2,1H3. The summed E-state index contributed by atoms with van der Waals surface area (Å²) in [7, 11) is 1.77. The molecule has 19 heavy (non-hydrogen) atoms. The number of anilines is 1. The third kappa shape index (κ3) is 1.76. The van der Waals surface area contributed by atoms with Crippen LogP contribution in [0.25, 0.3) is 0 Å². The monoisotopic (exact) mass is 257 g/mol. The van der Waals surface area contributed by atoms with E-state index in [4.69, 9.17) is 10.5 Å². The first-order valence-corrected chi connectivity index (χ1v) is 7.68. The largest absolute Gasteiger partial charge is 0.496 e. The molecule has 4 aliphatic carbocycles.